The number of hydrogen-bond acceptors (Lipinski definition) is 2. The van der Waals surface area contributed by atoms with E-state index in [9.17, 15) is 0 Å². The molecule has 6 heavy (non-hydrogen) atoms. The summed E-state index contributed by atoms with van der Waals surface area (Å²) in [5.74, 6) is 3.59. The number of rotatable bonds is 1. The molecule has 0 spiro atoms. The third kappa shape index (κ3) is 0.744. The minimum absolute atomic E-state index is 0.256. The molecule has 1 rings (SSSR count). The summed E-state index contributed by atoms with van der Waals surface area (Å²) < 4.78 is 7.01. The first-order valence-electron chi connectivity index (χ1n) is 2.04. The maximum atomic E-state index is 7.01. The van der Waals surface area contributed by atoms with Gasteiger partial charge in [-0.1, -0.05) is 12.8 Å². The van der Waals surface area contributed by atoms with Gasteiger partial charge >= 0.3 is 0 Å². The van der Waals surface area contributed by atoms with E-state index in [4.69, 9.17) is 4.78 Å². The molecular weight excluding hydrogens is 94.1 g/mol. The fourth-order valence-corrected chi connectivity index (χ4v) is 1.06. The third-order valence-electron chi connectivity index (χ3n) is 0.927. The predicted molar refractivity (Wildman–Crippen MR) is 30.2 cm³/mol. The molecule has 1 nitrogen and oxygen atoms in total. The topological polar surface area (TPSA) is 23.9 Å². The van der Waals surface area contributed by atoms with E-state index in [2.05, 4.69) is 5.87 Å². The first-order chi connectivity index (χ1) is 2.80. The molecule has 1 fully saturated rings. The maximum absolute atomic E-state index is 7.01. The van der Waals surface area contributed by atoms with Crippen LogP contribution < -0.4 is 0 Å². The second-order valence-corrected chi connectivity index (χ2v) is 3.15. The molecule has 0 aromatic heterocycles. The molecule has 2 heteroatoms. The molecule has 0 amide bonds. The normalized spacial score (nSPS) is 22.2. The van der Waals surface area contributed by atoms with Gasteiger partial charge in [-0.3, -0.25) is 0 Å². The van der Waals surface area contributed by atoms with Crippen molar-refractivity contribution in [2.45, 2.75) is 18.1 Å². The summed E-state index contributed by atoms with van der Waals surface area (Å²) in [6.07, 6.45) is 2.52. The molecule has 1 saturated carbocycles. The van der Waals surface area contributed by atoms with Crippen LogP contribution in [0.4, 0.5) is 0 Å². The van der Waals surface area contributed by atoms with E-state index in [0.29, 0.717) is 5.25 Å². The highest BCUT2D eigenvalue weighted by atomic mass is 32.2. The minimum atomic E-state index is -0.256. The van der Waals surface area contributed by atoms with Crippen molar-refractivity contribution in [1.82, 2.24) is 0 Å². The molecule has 1 aliphatic carbocycles. The van der Waals surface area contributed by atoms with Crippen LogP contribution in [0.2, 0.25) is 0 Å². The van der Waals surface area contributed by atoms with E-state index in [1.165, 1.54) is 12.8 Å². The van der Waals surface area contributed by atoms with Crippen LogP contribution in [0.1, 0.15) is 12.8 Å². The van der Waals surface area contributed by atoms with Crippen LogP contribution in [0.5, 0.6) is 0 Å². The van der Waals surface area contributed by atoms with Crippen LogP contribution in [0, 0.1) is 4.78 Å². The quantitative estimate of drug-likeness (QED) is 0.376. The predicted octanol–water partition coefficient (Wildman–Crippen LogP) is 0.961. The van der Waals surface area contributed by atoms with Crippen molar-refractivity contribution >= 4 is 16.2 Å². The Morgan fingerprint density at radius 2 is 2.17 bits per heavy atom. The van der Waals surface area contributed by atoms with Gasteiger partial charge in [-0.05, 0) is 0 Å². The average molecular weight is 102 g/mol. The number of nitrogens with one attached hydrogen (secondary N) is 1. The summed E-state index contributed by atoms with van der Waals surface area (Å²) in [7, 11) is -0.256. The first-order valence-corrected chi connectivity index (χ1v) is 3.50. The van der Waals surface area contributed by atoms with Crippen LogP contribution in [0.25, 0.3) is 0 Å². The molecule has 0 atom stereocenters. The smallest absolute Gasteiger partial charge is 0.0697 e. The molecule has 0 aromatic carbocycles. The van der Waals surface area contributed by atoms with Gasteiger partial charge in [0.2, 0.25) is 0 Å². The van der Waals surface area contributed by atoms with Gasteiger partial charge in [-0.15, -0.1) is 5.25 Å². The fraction of sp³-hybridized carbons (Fsp3) is 0.750. The zero-order valence-corrected chi connectivity index (χ0v) is 4.42. The summed E-state index contributed by atoms with van der Waals surface area (Å²) in [6, 6.07) is 0. The zero-order chi connectivity index (χ0) is 4.57. The molecule has 0 saturated heterocycles. The molecule has 36 valence electrons. The Labute approximate surface area is 39.8 Å². The lowest BCUT2D eigenvalue weighted by atomic mass is 11.0. The maximum Gasteiger partial charge on any atom is -0.0697 e. The zero-order valence-electron chi connectivity index (χ0n) is 3.61. The van der Waals surface area contributed by atoms with Gasteiger partial charge in [0.1, 0.15) is 0 Å². The van der Waals surface area contributed by atoms with Gasteiger partial charge in [0, 0.05) is 0 Å². The molecule has 0 aromatic rings. The molecule has 0 bridgehead atoms. The highest BCUT2D eigenvalue weighted by Gasteiger charge is 2.09. The van der Waals surface area contributed by atoms with Crippen molar-refractivity contribution in [1.29, 1.82) is 4.78 Å². The van der Waals surface area contributed by atoms with Crippen LogP contribution in [-0.2, 0) is 10.3 Å². The number of hydrogen-bond donors (Lipinski definition) is 1. The van der Waals surface area contributed by atoms with Crippen LogP contribution in [0.3, 0.4) is 0 Å². The Balaban J connectivity index is 2.52. The summed E-state index contributed by atoms with van der Waals surface area (Å²) >= 11 is 0. The fourth-order valence-electron chi connectivity index (χ4n) is 0.353. The van der Waals surface area contributed by atoms with E-state index in [1.54, 1.807) is 0 Å². The van der Waals surface area contributed by atoms with Gasteiger partial charge in [-0.25, -0.2) is 5.87 Å². The Morgan fingerprint density at radius 3 is 2.17 bits per heavy atom. The summed E-state index contributed by atoms with van der Waals surface area (Å²) in [6.45, 7) is 0. The molecular formula is C4H8NS-. The van der Waals surface area contributed by atoms with E-state index < -0.39 is 0 Å². The van der Waals surface area contributed by atoms with E-state index in [1.807, 2.05) is 0 Å². The van der Waals surface area contributed by atoms with Gasteiger partial charge in [0.25, 0.3) is 0 Å². The minimum Gasteiger partial charge on any atom is -0.450 e. The van der Waals surface area contributed by atoms with Crippen molar-refractivity contribution in [2.24, 2.45) is 0 Å². The highest BCUT2D eigenvalue weighted by Crippen LogP contribution is 2.22. The van der Waals surface area contributed by atoms with Crippen molar-refractivity contribution in [3.63, 3.8) is 0 Å². The second kappa shape index (κ2) is 1.26. The van der Waals surface area contributed by atoms with Gasteiger partial charge in [0.15, 0.2) is 0 Å². The molecule has 1 aliphatic rings. The van der Waals surface area contributed by atoms with Crippen molar-refractivity contribution in [2.75, 3.05) is 0 Å². The Hall–Kier alpha value is 0.0200. The van der Waals surface area contributed by atoms with Crippen molar-refractivity contribution < 1.29 is 0 Å². The van der Waals surface area contributed by atoms with Crippen molar-refractivity contribution in [3.8, 4) is 0 Å². The second-order valence-electron chi connectivity index (χ2n) is 1.63. The monoisotopic (exact) mass is 102 g/mol. The molecule has 0 heterocycles. The third-order valence-corrected chi connectivity index (χ3v) is 2.20. The van der Waals surface area contributed by atoms with E-state index in [0.717, 1.165) is 0 Å². The van der Waals surface area contributed by atoms with Crippen molar-refractivity contribution in [3.05, 3.63) is 0 Å². The molecule has 0 radical (unpaired) electrons. The SMILES string of the molecule is C=[S-](=N)C1CC1. The van der Waals surface area contributed by atoms with Crippen LogP contribution in [0.15, 0.2) is 0 Å². The van der Waals surface area contributed by atoms with Gasteiger partial charge < -0.3 is 15.1 Å². The molecule has 1 N–H and O–H groups in total. The summed E-state index contributed by atoms with van der Waals surface area (Å²) in [5.41, 5.74) is 0. The van der Waals surface area contributed by atoms with Gasteiger partial charge in [-0.2, -0.15) is 0 Å². The highest BCUT2D eigenvalue weighted by molar-refractivity contribution is 7.84. The van der Waals surface area contributed by atoms with Crippen LogP contribution >= 0.6 is 0 Å². The Kier molecular flexibility index (Phi) is 0.880. The molecule has 0 aliphatic heterocycles. The Morgan fingerprint density at radius 1 is 1.67 bits per heavy atom. The van der Waals surface area contributed by atoms with Crippen LogP contribution in [-0.4, -0.2) is 11.1 Å². The summed E-state index contributed by atoms with van der Waals surface area (Å²) in [4.78, 5) is 0. The lowest BCUT2D eigenvalue weighted by molar-refractivity contribution is 1.48. The Bertz CT molecular complexity index is 103. The first kappa shape index (κ1) is 4.19. The lowest BCUT2D eigenvalue weighted by Gasteiger charge is -1.92. The van der Waals surface area contributed by atoms with E-state index in [-0.39, 0.29) is 10.3 Å². The average Bonchev–Trinajstić information content (AvgIpc) is 2.06. The van der Waals surface area contributed by atoms with E-state index >= 15 is 0 Å². The largest absolute Gasteiger partial charge is 0.450 e. The lowest BCUT2D eigenvalue weighted by Crippen LogP contribution is -1.76. The standard InChI is InChI=1S/C4H8NS/c1-6(5)4-2-3-4/h4-5H,1-3H2/q-1. The van der Waals surface area contributed by atoms with Gasteiger partial charge in [0.05, 0.1) is 0 Å². The molecule has 0 unspecified atom stereocenters. The summed E-state index contributed by atoms with van der Waals surface area (Å²) in [5, 5.41) is 0.685.